The molecule has 90 valence electrons. The molecule has 0 amide bonds. The molecular formula is C15H14N2O. The van der Waals surface area contributed by atoms with Crippen molar-refractivity contribution in [1.29, 1.82) is 5.26 Å². The van der Waals surface area contributed by atoms with Crippen molar-refractivity contribution in [1.82, 2.24) is 0 Å². The van der Waals surface area contributed by atoms with Crippen molar-refractivity contribution in [3.8, 4) is 17.6 Å². The van der Waals surface area contributed by atoms with E-state index in [9.17, 15) is 0 Å². The van der Waals surface area contributed by atoms with Crippen LogP contribution in [0.2, 0.25) is 0 Å². The minimum absolute atomic E-state index is 0.376. The molecule has 2 N–H and O–H groups in total. The summed E-state index contributed by atoms with van der Waals surface area (Å²) in [6, 6.07) is 13.1. The van der Waals surface area contributed by atoms with Gasteiger partial charge in [0.1, 0.15) is 11.8 Å². The lowest BCUT2D eigenvalue weighted by Gasteiger charge is -2.12. The summed E-state index contributed by atoms with van der Waals surface area (Å²) in [6.07, 6.45) is 0. The number of hydrogen-bond acceptors (Lipinski definition) is 3. The molecule has 0 spiro atoms. The zero-order valence-electron chi connectivity index (χ0n) is 10.4. The number of hydrogen-bond donors (Lipinski definition) is 1. The van der Waals surface area contributed by atoms with E-state index in [1.165, 1.54) is 0 Å². The molecule has 0 unspecified atom stereocenters. The number of rotatable bonds is 2. The minimum atomic E-state index is 0.376. The molecule has 0 bridgehead atoms. The molecule has 2 aromatic rings. The molecule has 0 atom stereocenters. The van der Waals surface area contributed by atoms with Gasteiger partial charge in [0.15, 0.2) is 5.75 Å². The van der Waals surface area contributed by atoms with E-state index < -0.39 is 0 Å². The number of nitrogens with zero attached hydrogens (tertiary/aromatic N) is 1. The normalized spacial score (nSPS) is 9.83. The monoisotopic (exact) mass is 238 g/mol. The first-order valence-corrected chi connectivity index (χ1v) is 5.66. The van der Waals surface area contributed by atoms with Crippen molar-refractivity contribution < 1.29 is 4.74 Å². The van der Waals surface area contributed by atoms with Gasteiger partial charge < -0.3 is 10.5 Å². The number of ether oxygens (including phenoxy) is 1. The molecule has 0 aliphatic rings. The standard InChI is InChI=1S/C15H14N2O/c1-10-5-3-7-13(11(10)2)18-14-8-4-6-12(9-16)15(14)17/h3-8H,17H2,1-2H3. The summed E-state index contributed by atoms with van der Waals surface area (Å²) in [6.45, 7) is 4.02. The molecular weight excluding hydrogens is 224 g/mol. The van der Waals surface area contributed by atoms with Gasteiger partial charge in [-0.15, -0.1) is 0 Å². The number of para-hydroxylation sites is 1. The number of benzene rings is 2. The Morgan fingerprint density at radius 2 is 1.72 bits per heavy atom. The first kappa shape index (κ1) is 12.0. The van der Waals surface area contributed by atoms with Gasteiger partial charge in [-0.2, -0.15) is 5.26 Å². The van der Waals surface area contributed by atoms with Crippen LogP contribution in [0.5, 0.6) is 11.5 Å². The second kappa shape index (κ2) is 4.80. The molecule has 18 heavy (non-hydrogen) atoms. The lowest BCUT2D eigenvalue weighted by Crippen LogP contribution is -1.96. The van der Waals surface area contributed by atoms with Crippen LogP contribution in [-0.2, 0) is 0 Å². The number of nitriles is 1. The maximum absolute atomic E-state index is 8.92. The smallest absolute Gasteiger partial charge is 0.151 e. The van der Waals surface area contributed by atoms with Crippen molar-refractivity contribution >= 4 is 5.69 Å². The molecule has 0 aliphatic heterocycles. The molecule has 0 fully saturated rings. The van der Waals surface area contributed by atoms with Crippen LogP contribution >= 0.6 is 0 Å². The largest absolute Gasteiger partial charge is 0.455 e. The first-order chi connectivity index (χ1) is 8.63. The second-order valence-corrected chi connectivity index (χ2v) is 4.13. The van der Waals surface area contributed by atoms with Crippen molar-refractivity contribution in [2.75, 3.05) is 5.73 Å². The highest BCUT2D eigenvalue weighted by atomic mass is 16.5. The first-order valence-electron chi connectivity index (χ1n) is 5.66. The van der Waals surface area contributed by atoms with E-state index in [4.69, 9.17) is 15.7 Å². The lowest BCUT2D eigenvalue weighted by molar-refractivity contribution is 0.480. The van der Waals surface area contributed by atoms with Crippen LogP contribution < -0.4 is 10.5 Å². The highest BCUT2D eigenvalue weighted by Crippen LogP contribution is 2.32. The van der Waals surface area contributed by atoms with Gasteiger partial charge in [-0.1, -0.05) is 18.2 Å². The zero-order chi connectivity index (χ0) is 13.1. The number of aryl methyl sites for hydroxylation is 1. The third kappa shape index (κ3) is 2.14. The summed E-state index contributed by atoms with van der Waals surface area (Å²) in [5, 5.41) is 8.92. The number of anilines is 1. The fraction of sp³-hybridized carbons (Fsp3) is 0.133. The van der Waals surface area contributed by atoms with Gasteiger partial charge in [-0.05, 0) is 43.2 Å². The van der Waals surface area contributed by atoms with Gasteiger partial charge in [0.25, 0.3) is 0 Å². The van der Waals surface area contributed by atoms with Gasteiger partial charge in [0.2, 0.25) is 0 Å². The van der Waals surface area contributed by atoms with Crippen molar-refractivity contribution in [3.63, 3.8) is 0 Å². The summed E-state index contributed by atoms with van der Waals surface area (Å²) in [4.78, 5) is 0. The molecule has 0 aliphatic carbocycles. The van der Waals surface area contributed by atoms with E-state index in [0.29, 0.717) is 17.0 Å². The van der Waals surface area contributed by atoms with Gasteiger partial charge in [-0.25, -0.2) is 0 Å². The molecule has 0 saturated carbocycles. The summed E-state index contributed by atoms with van der Waals surface area (Å²) in [5.41, 5.74) is 8.91. The molecule has 3 nitrogen and oxygen atoms in total. The van der Waals surface area contributed by atoms with Crippen molar-refractivity contribution in [3.05, 3.63) is 53.1 Å². The van der Waals surface area contributed by atoms with E-state index >= 15 is 0 Å². The van der Waals surface area contributed by atoms with Crippen molar-refractivity contribution in [2.45, 2.75) is 13.8 Å². The molecule has 0 heterocycles. The predicted octanol–water partition coefficient (Wildman–Crippen LogP) is 3.55. The van der Waals surface area contributed by atoms with E-state index in [0.717, 1.165) is 16.9 Å². The van der Waals surface area contributed by atoms with Crippen LogP contribution in [0.3, 0.4) is 0 Å². The van der Waals surface area contributed by atoms with Crippen LogP contribution in [0.15, 0.2) is 36.4 Å². The third-order valence-electron chi connectivity index (χ3n) is 2.96. The highest BCUT2D eigenvalue weighted by molar-refractivity contribution is 5.64. The van der Waals surface area contributed by atoms with Gasteiger partial charge in [0.05, 0.1) is 11.3 Å². The van der Waals surface area contributed by atoms with Crippen molar-refractivity contribution in [2.24, 2.45) is 0 Å². The van der Waals surface area contributed by atoms with Crippen LogP contribution in [-0.4, -0.2) is 0 Å². The van der Waals surface area contributed by atoms with E-state index in [-0.39, 0.29) is 0 Å². The quantitative estimate of drug-likeness (QED) is 0.814. The number of nitrogens with two attached hydrogens (primary N) is 1. The van der Waals surface area contributed by atoms with E-state index in [1.807, 2.05) is 38.1 Å². The summed E-state index contributed by atoms with van der Waals surface area (Å²) < 4.78 is 5.79. The average molecular weight is 238 g/mol. The Labute approximate surface area is 106 Å². The molecule has 0 aromatic heterocycles. The number of nitrogen functional groups attached to an aromatic ring is 1. The second-order valence-electron chi connectivity index (χ2n) is 4.13. The van der Waals surface area contributed by atoms with Gasteiger partial charge in [-0.3, -0.25) is 0 Å². The van der Waals surface area contributed by atoms with E-state index in [2.05, 4.69) is 0 Å². The summed E-state index contributed by atoms with van der Waals surface area (Å²) in [5.74, 6) is 1.28. The lowest BCUT2D eigenvalue weighted by atomic mass is 10.1. The topological polar surface area (TPSA) is 59.0 Å². The molecule has 0 radical (unpaired) electrons. The molecule has 2 rings (SSSR count). The maximum atomic E-state index is 8.92. The van der Waals surface area contributed by atoms with E-state index in [1.54, 1.807) is 18.2 Å². The van der Waals surface area contributed by atoms with Crippen LogP contribution in [0.1, 0.15) is 16.7 Å². The fourth-order valence-corrected chi connectivity index (χ4v) is 1.68. The summed E-state index contributed by atoms with van der Waals surface area (Å²) in [7, 11) is 0. The Morgan fingerprint density at radius 1 is 1.06 bits per heavy atom. The third-order valence-corrected chi connectivity index (χ3v) is 2.96. The Hall–Kier alpha value is -2.47. The maximum Gasteiger partial charge on any atom is 0.151 e. The van der Waals surface area contributed by atoms with Crippen LogP contribution in [0.25, 0.3) is 0 Å². The Morgan fingerprint density at radius 3 is 2.44 bits per heavy atom. The molecule has 3 heteroatoms. The zero-order valence-corrected chi connectivity index (χ0v) is 10.4. The van der Waals surface area contributed by atoms with Gasteiger partial charge in [0, 0.05) is 0 Å². The van der Waals surface area contributed by atoms with Gasteiger partial charge >= 0.3 is 0 Å². The SMILES string of the molecule is Cc1cccc(Oc2cccc(C#N)c2N)c1C. The average Bonchev–Trinajstić information content (AvgIpc) is 2.37. The predicted molar refractivity (Wildman–Crippen MR) is 71.6 cm³/mol. The highest BCUT2D eigenvalue weighted by Gasteiger charge is 2.08. The molecule has 2 aromatic carbocycles. The Balaban J connectivity index is 2.41. The summed E-state index contributed by atoms with van der Waals surface area (Å²) >= 11 is 0. The Kier molecular flexibility index (Phi) is 3.20. The minimum Gasteiger partial charge on any atom is -0.455 e. The Bertz CT molecular complexity index is 627. The fourth-order valence-electron chi connectivity index (χ4n) is 1.68. The molecule has 0 saturated heterocycles. The van der Waals surface area contributed by atoms with Crippen LogP contribution in [0.4, 0.5) is 5.69 Å². The van der Waals surface area contributed by atoms with Crippen LogP contribution in [0, 0.1) is 25.2 Å².